The molecule has 0 aromatic rings. The Kier molecular flexibility index (Phi) is 17.1. The Morgan fingerprint density at radius 3 is 1.88 bits per heavy atom. The highest BCUT2D eigenvalue weighted by atomic mass is 16.8. The number of aliphatic carboxylic acids is 1. The molecular weight excluding hydrogens is 1060 g/mol. The lowest BCUT2D eigenvalue weighted by Crippen LogP contribution is -2.71. The molecule has 0 amide bonds. The van der Waals surface area contributed by atoms with Gasteiger partial charge in [0, 0.05) is 6.92 Å². The molecular formula is C55H86O25. The van der Waals surface area contributed by atoms with E-state index in [9.17, 15) is 76.0 Å². The first kappa shape index (κ1) is 61.9. The number of allylic oxidation sites excluding steroid dienone is 2. The molecule has 5 aliphatic carbocycles. The molecule has 9 rings (SSSR count). The molecule has 4 saturated carbocycles. The molecule has 0 aromatic heterocycles. The maximum atomic E-state index is 15.8. The van der Waals surface area contributed by atoms with Crippen LogP contribution in [0.3, 0.4) is 0 Å². The molecule has 456 valence electrons. The Morgan fingerprint density at radius 1 is 0.625 bits per heavy atom. The minimum Gasteiger partial charge on any atom is -0.481 e. The summed E-state index contributed by atoms with van der Waals surface area (Å²) in [4.78, 5) is 42.3. The van der Waals surface area contributed by atoms with E-state index in [0.717, 1.165) is 12.5 Å². The number of hydrogen-bond acceptors (Lipinski definition) is 24. The summed E-state index contributed by atoms with van der Waals surface area (Å²) in [6.07, 6.45) is -31.5. The second-order valence-electron chi connectivity index (χ2n) is 26.4. The van der Waals surface area contributed by atoms with Crippen LogP contribution in [0.2, 0.25) is 0 Å². The number of rotatable bonds is 11. The predicted molar refractivity (Wildman–Crippen MR) is 268 cm³/mol. The fourth-order valence-electron chi connectivity index (χ4n) is 16.6. The molecule has 8 fully saturated rings. The van der Waals surface area contributed by atoms with Crippen LogP contribution in [0.5, 0.6) is 0 Å². The lowest BCUT2D eigenvalue weighted by Gasteiger charge is -2.71. The van der Waals surface area contributed by atoms with Gasteiger partial charge in [0.2, 0.25) is 6.29 Å². The highest BCUT2D eigenvalue weighted by Gasteiger charge is 2.74. The quantitative estimate of drug-likeness (QED) is 0.0619. The summed E-state index contributed by atoms with van der Waals surface area (Å²) in [5.41, 5.74) is -5.40. The van der Waals surface area contributed by atoms with Crippen molar-refractivity contribution in [1.29, 1.82) is 0 Å². The number of carboxylic acids is 1. The maximum Gasteiger partial charge on any atom is 0.317 e. The first-order chi connectivity index (χ1) is 37.2. The molecule has 80 heavy (non-hydrogen) atoms. The molecule has 0 unspecified atom stereocenters. The second-order valence-corrected chi connectivity index (χ2v) is 26.4. The van der Waals surface area contributed by atoms with Crippen LogP contribution in [0, 0.1) is 50.2 Å². The SMILES string of the molecule is CC(=O)O[C@@H]1[C@H](O[C@@H]2OC[C@@H](O)[C@H](O)[C@H]2O)[C@@H](O[C@@H]2O[C@@H](C)[C@H](O)[C@@H](O)[C@H]2O)[C@H](OC(=O)[C@]23CCC(C)(C)C[C@H]2C2=CC[C@@H]4[C@@]5(C)C[C@H](O)[C@H](O[C@@H]6O[C@H](CO)[C@@H](O)[C@H](O)[C@H]6O)[C@@](C)(C(=O)O)[C@@H]5CC[C@@]4(C)[C@]2(C)C[C@H]3O)O[C@@H]1C. The van der Waals surface area contributed by atoms with Crippen molar-refractivity contribution in [2.75, 3.05) is 13.2 Å². The van der Waals surface area contributed by atoms with E-state index >= 15 is 4.79 Å². The van der Waals surface area contributed by atoms with E-state index in [1.165, 1.54) is 20.8 Å². The smallest absolute Gasteiger partial charge is 0.317 e. The van der Waals surface area contributed by atoms with Gasteiger partial charge in [0.1, 0.15) is 78.7 Å². The van der Waals surface area contributed by atoms with Crippen molar-refractivity contribution in [3.63, 3.8) is 0 Å². The van der Waals surface area contributed by atoms with Crippen LogP contribution < -0.4 is 0 Å². The largest absolute Gasteiger partial charge is 0.481 e. The van der Waals surface area contributed by atoms with Gasteiger partial charge in [0.25, 0.3) is 0 Å². The van der Waals surface area contributed by atoms with Gasteiger partial charge >= 0.3 is 17.9 Å². The molecule has 25 nitrogen and oxygen atoms in total. The fourth-order valence-corrected chi connectivity index (χ4v) is 16.6. The number of carbonyl (C=O) groups excluding carboxylic acids is 2. The Morgan fingerprint density at radius 2 is 1.24 bits per heavy atom. The summed E-state index contributed by atoms with van der Waals surface area (Å²) < 4.78 is 54.5. The number of ether oxygens (including phenoxy) is 9. The van der Waals surface area contributed by atoms with Gasteiger partial charge in [-0.1, -0.05) is 46.3 Å². The number of carbonyl (C=O) groups is 3. The summed E-state index contributed by atoms with van der Waals surface area (Å²) in [6, 6.07) is 0. The third-order valence-corrected chi connectivity index (χ3v) is 21.3. The van der Waals surface area contributed by atoms with Gasteiger partial charge in [-0.3, -0.25) is 14.4 Å². The molecule has 4 saturated heterocycles. The monoisotopic (exact) mass is 1150 g/mol. The first-order valence-electron chi connectivity index (χ1n) is 28.2. The lowest BCUT2D eigenvalue weighted by atomic mass is 9.33. The number of hydrogen-bond donors (Lipinski definition) is 13. The third kappa shape index (κ3) is 9.79. The number of aliphatic hydroxyl groups excluding tert-OH is 12. The molecule has 9 aliphatic rings. The van der Waals surface area contributed by atoms with E-state index in [1.54, 1.807) is 0 Å². The first-order valence-corrected chi connectivity index (χ1v) is 28.2. The summed E-state index contributed by atoms with van der Waals surface area (Å²) in [5.74, 6) is -4.64. The van der Waals surface area contributed by atoms with E-state index in [4.69, 9.17) is 42.6 Å². The summed E-state index contributed by atoms with van der Waals surface area (Å²) in [5, 5.41) is 143. The molecule has 0 bridgehead atoms. The Bertz CT molecular complexity index is 2320. The van der Waals surface area contributed by atoms with Crippen LogP contribution in [0.15, 0.2) is 11.6 Å². The van der Waals surface area contributed by atoms with Crippen molar-refractivity contribution in [3.05, 3.63) is 11.6 Å². The molecule has 0 aromatic carbocycles. The van der Waals surface area contributed by atoms with Gasteiger partial charge in [0.05, 0.1) is 43.0 Å². The lowest BCUT2D eigenvalue weighted by molar-refractivity contribution is -0.380. The molecule has 4 heterocycles. The van der Waals surface area contributed by atoms with Crippen LogP contribution in [0.1, 0.15) is 114 Å². The fraction of sp³-hybridized carbons (Fsp3) is 0.909. The second kappa shape index (κ2) is 22.0. The normalized spacial score (nSPS) is 53.9. The van der Waals surface area contributed by atoms with E-state index < -0.39 is 205 Å². The minimum atomic E-state index is -1.93. The van der Waals surface area contributed by atoms with Gasteiger partial charge in [-0.2, -0.15) is 0 Å². The summed E-state index contributed by atoms with van der Waals surface area (Å²) >= 11 is 0. The van der Waals surface area contributed by atoms with Gasteiger partial charge in [-0.15, -0.1) is 0 Å². The van der Waals surface area contributed by atoms with Crippen molar-refractivity contribution in [2.24, 2.45) is 50.2 Å². The summed E-state index contributed by atoms with van der Waals surface area (Å²) in [6.45, 7) is 14.6. The van der Waals surface area contributed by atoms with Crippen molar-refractivity contribution in [1.82, 2.24) is 0 Å². The van der Waals surface area contributed by atoms with Gasteiger partial charge in [-0.05, 0) is 112 Å². The molecule has 25 heteroatoms. The highest BCUT2D eigenvalue weighted by molar-refractivity contribution is 5.80. The average molecular weight is 1150 g/mol. The Labute approximate surface area is 464 Å². The van der Waals surface area contributed by atoms with Crippen LogP contribution in [-0.4, -0.2) is 233 Å². The number of aliphatic hydroxyl groups is 12. The zero-order valence-electron chi connectivity index (χ0n) is 46.8. The van der Waals surface area contributed by atoms with Gasteiger partial charge in [-0.25, -0.2) is 0 Å². The van der Waals surface area contributed by atoms with Crippen LogP contribution in [0.25, 0.3) is 0 Å². The average Bonchev–Trinajstić information content (AvgIpc) is 1.77. The van der Waals surface area contributed by atoms with Gasteiger partial charge in [0.15, 0.2) is 31.1 Å². The Balaban J connectivity index is 1.06. The predicted octanol–water partition coefficient (Wildman–Crippen LogP) is -1.76. The summed E-state index contributed by atoms with van der Waals surface area (Å²) in [7, 11) is 0. The molecule has 4 aliphatic heterocycles. The minimum absolute atomic E-state index is 0.0353. The van der Waals surface area contributed by atoms with E-state index in [0.29, 0.717) is 32.1 Å². The number of esters is 2. The van der Waals surface area contributed by atoms with Crippen LogP contribution in [0.4, 0.5) is 0 Å². The Hall–Kier alpha value is -2.61. The molecule has 0 spiro atoms. The van der Waals surface area contributed by atoms with Crippen molar-refractivity contribution < 1.29 is 123 Å². The van der Waals surface area contributed by atoms with Crippen LogP contribution >= 0.6 is 0 Å². The van der Waals surface area contributed by atoms with E-state index in [-0.39, 0.29) is 30.6 Å². The van der Waals surface area contributed by atoms with Crippen molar-refractivity contribution in [2.45, 2.75) is 249 Å². The zero-order chi connectivity index (χ0) is 58.9. The molecule has 13 N–H and O–H groups in total. The molecule has 30 atom stereocenters. The highest BCUT2D eigenvalue weighted by Crippen LogP contribution is 2.76. The number of fused-ring (bicyclic) bond motifs is 7. The van der Waals surface area contributed by atoms with E-state index in [2.05, 4.69) is 33.8 Å². The van der Waals surface area contributed by atoms with Crippen molar-refractivity contribution >= 4 is 17.9 Å². The van der Waals surface area contributed by atoms with E-state index in [1.807, 2.05) is 6.92 Å². The van der Waals surface area contributed by atoms with Crippen LogP contribution in [-0.2, 0) is 57.0 Å². The standard InChI is InChI=1S/C55H86O25/c1-21-32(61)35(64)38(67)45(73-21)78-42-41(77-44-37(66)33(62)27(59)20-72-44)40(75-23(3)57)22(2)74-47(42)80-49(71)55-15-14-50(4,5)16-25(55)24-10-11-29-51(6)17-26(58)43(79-46-39(68)36(65)34(63)28(19-56)76-46)54(9,48(69)70)30(51)12-13-52(29,7)53(24,8)18-31(55)60/h10,21-22,25-47,56,58-68H,11-20H2,1-9H3,(H,69,70)/t21-,22+,25-,26-,27+,28+,29+,30+,31+,32-,33-,34+,35+,36-,37+,38+,39+,40-,41-,42+,43-,44-,45-,46-,47-,51+,52+,53+,54-,55+/m0/s1. The maximum absolute atomic E-state index is 15.8. The topological polar surface area (TPSA) is 397 Å². The van der Waals surface area contributed by atoms with Gasteiger partial charge < -0.3 is 109 Å². The third-order valence-electron chi connectivity index (χ3n) is 21.3. The zero-order valence-corrected chi connectivity index (χ0v) is 46.8. The number of carboxylic acid groups (broad SMARTS) is 1. The van der Waals surface area contributed by atoms with Crippen molar-refractivity contribution in [3.8, 4) is 0 Å². The molecule has 0 radical (unpaired) electrons.